The number of nitrogens with one attached hydrogen (secondary N) is 1. The Morgan fingerprint density at radius 2 is 1.85 bits per heavy atom. The van der Waals surface area contributed by atoms with Gasteiger partial charge in [0, 0.05) is 28.5 Å². The van der Waals surface area contributed by atoms with Crippen LogP contribution >= 0.6 is 0 Å². The Hall–Kier alpha value is -3.28. The highest BCUT2D eigenvalue weighted by molar-refractivity contribution is 6.05. The van der Waals surface area contributed by atoms with E-state index in [-0.39, 0.29) is 12.4 Å². The van der Waals surface area contributed by atoms with Crippen LogP contribution in [-0.4, -0.2) is 28.3 Å². The van der Waals surface area contributed by atoms with Gasteiger partial charge >= 0.3 is 5.97 Å². The highest BCUT2D eigenvalue weighted by Crippen LogP contribution is 2.29. The van der Waals surface area contributed by atoms with E-state index >= 15 is 0 Å². The number of anilines is 2. The molecule has 1 N–H and O–H groups in total. The van der Waals surface area contributed by atoms with E-state index in [1.165, 1.54) is 13.1 Å². The second-order valence-electron chi connectivity index (χ2n) is 5.85. The van der Waals surface area contributed by atoms with Crippen LogP contribution in [0.15, 0.2) is 42.6 Å². The predicted molar refractivity (Wildman–Crippen MR) is 100.0 cm³/mol. The smallest absolute Gasteiger partial charge is 0.341 e. The summed E-state index contributed by atoms with van der Waals surface area (Å²) in [6, 6.07) is 10.8. The second kappa shape index (κ2) is 7.31. The fourth-order valence-corrected chi connectivity index (χ4v) is 2.60. The molecule has 0 aliphatic rings. The molecule has 132 valence electrons. The van der Waals surface area contributed by atoms with Crippen molar-refractivity contribution in [3.8, 4) is 0 Å². The van der Waals surface area contributed by atoms with Crippen molar-refractivity contribution in [3.63, 3.8) is 0 Å². The third kappa shape index (κ3) is 3.54. The first kappa shape index (κ1) is 17.5. The molecular formula is C20H19N3O3. The molecule has 0 saturated heterocycles. The molecule has 1 aromatic carbocycles. The molecule has 0 amide bonds. The first-order valence-electron chi connectivity index (χ1n) is 8.31. The molecule has 0 bridgehead atoms. The van der Waals surface area contributed by atoms with Gasteiger partial charge in [-0.1, -0.05) is 0 Å². The summed E-state index contributed by atoms with van der Waals surface area (Å²) in [4.78, 5) is 32.5. The van der Waals surface area contributed by atoms with Crippen molar-refractivity contribution in [2.24, 2.45) is 0 Å². The normalized spacial score (nSPS) is 10.6. The molecule has 0 fully saturated rings. The molecule has 0 aliphatic heterocycles. The van der Waals surface area contributed by atoms with Crippen molar-refractivity contribution >= 4 is 34.2 Å². The summed E-state index contributed by atoms with van der Waals surface area (Å²) < 4.78 is 5.15. The average molecular weight is 349 g/mol. The van der Waals surface area contributed by atoms with Gasteiger partial charge in [-0.2, -0.15) is 0 Å². The van der Waals surface area contributed by atoms with Crippen LogP contribution in [0.5, 0.6) is 0 Å². The van der Waals surface area contributed by atoms with Gasteiger partial charge < -0.3 is 10.1 Å². The number of carbonyl (C=O) groups is 2. The van der Waals surface area contributed by atoms with Crippen molar-refractivity contribution in [2.45, 2.75) is 20.8 Å². The summed E-state index contributed by atoms with van der Waals surface area (Å²) in [5.74, 6) is -0.455. The monoisotopic (exact) mass is 349 g/mol. The minimum Gasteiger partial charge on any atom is -0.462 e. The molecule has 2 heterocycles. The van der Waals surface area contributed by atoms with Crippen molar-refractivity contribution in [3.05, 3.63) is 59.4 Å². The van der Waals surface area contributed by atoms with E-state index < -0.39 is 5.97 Å². The van der Waals surface area contributed by atoms with Gasteiger partial charge in [-0.25, -0.2) is 14.8 Å². The number of fused-ring (bicyclic) bond motifs is 1. The van der Waals surface area contributed by atoms with Gasteiger partial charge in [0.05, 0.1) is 12.3 Å². The van der Waals surface area contributed by atoms with Gasteiger partial charge in [-0.3, -0.25) is 4.79 Å². The number of rotatable bonds is 5. The minimum atomic E-state index is -0.453. The first-order valence-corrected chi connectivity index (χ1v) is 8.31. The summed E-state index contributed by atoms with van der Waals surface area (Å²) in [5.41, 5.74) is 3.66. The molecule has 3 rings (SSSR count). The van der Waals surface area contributed by atoms with E-state index in [2.05, 4.69) is 15.3 Å². The van der Waals surface area contributed by atoms with Crippen molar-refractivity contribution in [1.82, 2.24) is 9.97 Å². The molecular weight excluding hydrogens is 330 g/mol. The van der Waals surface area contributed by atoms with Gasteiger partial charge in [0.1, 0.15) is 5.56 Å². The summed E-state index contributed by atoms with van der Waals surface area (Å²) in [7, 11) is 0. The molecule has 0 atom stereocenters. The fraction of sp³-hybridized carbons (Fsp3) is 0.200. The van der Waals surface area contributed by atoms with Gasteiger partial charge in [-0.15, -0.1) is 0 Å². The van der Waals surface area contributed by atoms with Gasteiger partial charge in [-0.05, 0) is 57.2 Å². The van der Waals surface area contributed by atoms with Crippen LogP contribution in [0.1, 0.15) is 40.3 Å². The van der Waals surface area contributed by atoms with E-state index in [1.807, 2.05) is 19.1 Å². The van der Waals surface area contributed by atoms with Crippen molar-refractivity contribution in [2.75, 3.05) is 11.9 Å². The molecule has 6 heteroatoms. The van der Waals surface area contributed by atoms with E-state index in [4.69, 9.17) is 4.74 Å². The zero-order chi connectivity index (χ0) is 18.7. The number of benzene rings is 1. The Morgan fingerprint density at radius 1 is 1.12 bits per heavy atom. The summed E-state index contributed by atoms with van der Waals surface area (Å²) >= 11 is 0. The SMILES string of the molecule is CCOC(=O)c1cnc2nc(C)ccc2c1Nc1ccc(C(C)=O)cc1. The predicted octanol–water partition coefficient (Wildman–Crippen LogP) is 4.06. The largest absolute Gasteiger partial charge is 0.462 e. The van der Waals surface area contributed by atoms with E-state index in [1.54, 1.807) is 31.2 Å². The number of carbonyl (C=O) groups excluding carboxylic acids is 2. The topological polar surface area (TPSA) is 81.2 Å². The third-order valence-electron chi connectivity index (χ3n) is 3.93. The Balaban J connectivity index is 2.09. The highest BCUT2D eigenvalue weighted by Gasteiger charge is 2.17. The van der Waals surface area contributed by atoms with Crippen LogP contribution in [0.4, 0.5) is 11.4 Å². The quantitative estimate of drug-likeness (QED) is 0.552. The van der Waals surface area contributed by atoms with Crippen molar-refractivity contribution < 1.29 is 14.3 Å². The lowest BCUT2D eigenvalue weighted by molar-refractivity contribution is 0.0527. The van der Waals surface area contributed by atoms with Crippen LogP contribution in [0, 0.1) is 6.92 Å². The van der Waals surface area contributed by atoms with Crippen LogP contribution in [-0.2, 0) is 4.74 Å². The van der Waals surface area contributed by atoms with Gasteiger partial charge in [0.2, 0.25) is 0 Å². The van der Waals surface area contributed by atoms with Crippen LogP contribution in [0.3, 0.4) is 0 Å². The highest BCUT2D eigenvalue weighted by atomic mass is 16.5. The maximum Gasteiger partial charge on any atom is 0.341 e. The summed E-state index contributed by atoms with van der Waals surface area (Å²) in [6.07, 6.45) is 1.47. The molecule has 2 aromatic heterocycles. The van der Waals surface area contributed by atoms with E-state index in [9.17, 15) is 9.59 Å². The fourth-order valence-electron chi connectivity index (χ4n) is 2.60. The Labute approximate surface area is 151 Å². The number of ether oxygens (including phenoxy) is 1. The lowest BCUT2D eigenvalue weighted by atomic mass is 10.1. The van der Waals surface area contributed by atoms with E-state index in [0.717, 1.165) is 16.8 Å². The van der Waals surface area contributed by atoms with Crippen LogP contribution in [0.25, 0.3) is 11.0 Å². The van der Waals surface area contributed by atoms with Gasteiger partial charge in [0.25, 0.3) is 0 Å². The number of ketones is 1. The average Bonchev–Trinajstić information content (AvgIpc) is 2.62. The number of aryl methyl sites for hydroxylation is 1. The summed E-state index contributed by atoms with van der Waals surface area (Å²) in [5, 5.41) is 3.97. The Morgan fingerprint density at radius 3 is 2.50 bits per heavy atom. The number of pyridine rings is 2. The van der Waals surface area contributed by atoms with Crippen LogP contribution < -0.4 is 5.32 Å². The number of hydrogen-bond donors (Lipinski definition) is 1. The maximum absolute atomic E-state index is 12.3. The van der Waals surface area contributed by atoms with Crippen LogP contribution in [0.2, 0.25) is 0 Å². The molecule has 0 unspecified atom stereocenters. The summed E-state index contributed by atoms with van der Waals surface area (Å²) in [6.45, 7) is 5.43. The molecule has 26 heavy (non-hydrogen) atoms. The Bertz CT molecular complexity index is 982. The zero-order valence-electron chi connectivity index (χ0n) is 14.9. The lowest BCUT2D eigenvalue weighted by Crippen LogP contribution is -2.09. The van der Waals surface area contributed by atoms with E-state index in [0.29, 0.717) is 22.5 Å². The Kier molecular flexibility index (Phi) is 4.93. The minimum absolute atomic E-state index is 0.00204. The van der Waals surface area contributed by atoms with Gasteiger partial charge in [0.15, 0.2) is 11.4 Å². The number of aromatic nitrogens is 2. The first-order chi connectivity index (χ1) is 12.5. The molecule has 0 aliphatic carbocycles. The molecule has 6 nitrogen and oxygen atoms in total. The number of Topliss-reactive ketones (excluding diaryl/α,β-unsaturated/α-hetero) is 1. The lowest BCUT2D eigenvalue weighted by Gasteiger charge is -2.14. The number of esters is 1. The second-order valence-corrected chi connectivity index (χ2v) is 5.85. The molecule has 0 radical (unpaired) electrons. The molecule has 3 aromatic rings. The molecule has 0 spiro atoms. The number of hydrogen-bond acceptors (Lipinski definition) is 6. The molecule has 0 saturated carbocycles. The standard InChI is InChI=1S/C20H19N3O3/c1-4-26-20(25)17-11-21-19-16(10-5-12(2)22-19)18(17)23-15-8-6-14(7-9-15)13(3)24/h5-11H,4H2,1-3H3,(H,21,22,23). The number of nitrogens with zero attached hydrogens (tertiary/aromatic N) is 2. The third-order valence-corrected chi connectivity index (χ3v) is 3.93. The maximum atomic E-state index is 12.3. The zero-order valence-corrected chi connectivity index (χ0v) is 14.9. The van der Waals surface area contributed by atoms with Crippen molar-refractivity contribution in [1.29, 1.82) is 0 Å².